The first kappa shape index (κ1) is 22.0. The minimum absolute atomic E-state index is 0.0748. The number of hydrogen-bond acceptors (Lipinski definition) is 1. The van der Waals surface area contributed by atoms with Gasteiger partial charge in [-0.3, -0.25) is 0 Å². The molecule has 1 aliphatic rings. The van der Waals surface area contributed by atoms with E-state index >= 15 is 0 Å². The van der Waals surface area contributed by atoms with Crippen LogP contribution in [0, 0.1) is 28.6 Å². The van der Waals surface area contributed by atoms with Gasteiger partial charge in [-0.25, -0.2) is 0 Å². The average Bonchev–Trinajstić information content (AvgIpc) is 2.34. The second-order valence-corrected chi connectivity index (χ2v) is 13.1. The molecule has 0 heterocycles. The van der Waals surface area contributed by atoms with Crippen molar-refractivity contribution in [3.63, 3.8) is 0 Å². The van der Waals surface area contributed by atoms with Crippen molar-refractivity contribution >= 4 is 14.5 Å². The van der Waals surface area contributed by atoms with Gasteiger partial charge in [-0.05, 0) is 10.8 Å². The summed E-state index contributed by atoms with van der Waals surface area (Å²) in [6.45, 7) is 23.5. The fourth-order valence-corrected chi connectivity index (χ4v) is 7.70. The van der Waals surface area contributed by atoms with Crippen molar-refractivity contribution in [2.24, 2.45) is 28.6 Å². The molecule has 0 bridgehead atoms. The summed E-state index contributed by atoms with van der Waals surface area (Å²) in [5.74, 6) is 1.84. The second kappa shape index (κ2) is 8.11. The second-order valence-electron chi connectivity index (χ2n) is 10.6. The molecule has 1 nitrogen and oxygen atoms in total. The summed E-state index contributed by atoms with van der Waals surface area (Å²) in [6.07, 6.45) is 9.19. The summed E-state index contributed by atoms with van der Waals surface area (Å²) in [5.41, 5.74) is 0.0647. The van der Waals surface area contributed by atoms with Gasteiger partial charge in [0, 0.05) is 5.92 Å². The van der Waals surface area contributed by atoms with Crippen LogP contribution in [-0.2, 0) is 3.79 Å². The van der Waals surface area contributed by atoms with E-state index < -0.39 is 14.5 Å². The van der Waals surface area contributed by atoms with Gasteiger partial charge in [-0.2, -0.15) is 0 Å². The van der Waals surface area contributed by atoms with E-state index in [0.29, 0.717) is 17.8 Å². The summed E-state index contributed by atoms with van der Waals surface area (Å²) >= 11 is -1.29. The molecule has 138 valence electrons. The molecular formula is C22H41AlO. The predicted octanol–water partition coefficient (Wildman–Crippen LogP) is 6.88. The number of allylic oxidation sites excluding steroid dienone is 2. The van der Waals surface area contributed by atoms with Gasteiger partial charge in [0.05, 0.1) is 5.60 Å². The van der Waals surface area contributed by atoms with Crippen LogP contribution in [-0.4, -0.2) is 20.1 Å². The highest BCUT2D eigenvalue weighted by Crippen LogP contribution is 2.51. The van der Waals surface area contributed by atoms with Crippen LogP contribution < -0.4 is 0 Å². The normalized spacial score (nSPS) is 24.9. The summed E-state index contributed by atoms with van der Waals surface area (Å²) in [5, 5.41) is 2.54. The molecule has 0 amide bonds. The lowest BCUT2D eigenvalue weighted by Gasteiger charge is -2.54. The van der Waals surface area contributed by atoms with E-state index in [1.807, 2.05) is 0 Å². The third-order valence-corrected chi connectivity index (χ3v) is 8.82. The van der Waals surface area contributed by atoms with Gasteiger partial charge in [0.2, 0.25) is 0 Å². The lowest BCUT2D eigenvalue weighted by atomic mass is 9.60. The molecule has 0 N–H and O–H groups in total. The Bertz CT molecular complexity index is 438. The Hall–Kier alpha value is -0.0275. The minimum atomic E-state index is -1.29. The van der Waals surface area contributed by atoms with Gasteiger partial charge in [0.25, 0.3) is 0 Å². The van der Waals surface area contributed by atoms with E-state index in [-0.39, 0.29) is 16.4 Å². The van der Waals surface area contributed by atoms with Gasteiger partial charge < -0.3 is 3.79 Å². The Morgan fingerprint density at radius 3 is 1.79 bits per heavy atom. The van der Waals surface area contributed by atoms with Crippen LogP contribution >= 0.6 is 0 Å². The van der Waals surface area contributed by atoms with Crippen molar-refractivity contribution in [1.29, 1.82) is 0 Å². The maximum atomic E-state index is 7.21. The zero-order valence-corrected chi connectivity index (χ0v) is 19.1. The van der Waals surface area contributed by atoms with E-state index in [2.05, 4.69) is 93.5 Å². The molecule has 0 radical (unpaired) electrons. The van der Waals surface area contributed by atoms with Crippen LogP contribution in [0.3, 0.4) is 0 Å². The van der Waals surface area contributed by atoms with Crippen LogP contribution in [0.2, 0.25) is 10.6 Å². The molecule has 0 fully saturated rings. The Balaban J connectivity index is 3.28. The van der Waals surface area contributed by atoms with Crippen LogP contribution in [0.15, 0.2) is 24.3 Å². The molecule has 0 aromatic carbocycles. The fraction of sp³-hybridized carbons (Fsp3) is 0.818. The van der Waals surface area contributed by atoms with Gasteiger partial charge in [0.1, 0.15) is 0 Å². The van der Waals surface area contributed by atoms with Gasteiger partial charge in [0.15, 0.2) is 0 Å². The molecule has 24 heavy (non-hydrogen) atoms. The lowest BCUT2D eigenvalue weighted by molar-refractivity contribution is -0.0630. The lowest BCUT2D eigenvalue weighted by Crippen LogP contribution is -2.56. The van der Waals surface area contributed by atoms with Crippen molar-refractivity contribution in [1.82, 2.24) is 0 Å². The zero-order valence-electron chi connectivity index (χ0n) is 17.9. The number of rotatable bonds is 6. The van der Waals surface area contributed by atoms with E-state index in [4.69, 9.17) is 3.79 Å². The van der Waals surface area contributed by atoms with E-state index in [1.165, 1.54) is 10.6 Å². The maximum Gasteiger partial charge on any atom is 0.461 e. The highest BCUT2D eigenvalue weighted by molar-refractivity contribution is 6.52. The topological polar surface area (TPSA) is 9.23 Å². The third kappa shape index (κ3) is 5.49. The average molecular weight is 349 g/mol. The summed E-state index contributed by atoms with van der Waals surface area (Å²) in [4.78, 5) is 0. The molecule has 0 aliphatic heterocycles. The van der Waals surface area contributed by atoms with Crippen molar-refractivity contribution in [3.05, 3.63) is 24.3 Å². The first-order valence-electron chi connectivity index (χ1n) is 9.83. The van der Waals surface area contributed by atoms with Crippen molar-refractivity contribution in [2.75, 3.05) is 0 Å². The van der Waals surface area contributed by atoms with Gasteiger partial charge in [-0.15, -0.1) is 0 Å². The Morgan fingerprint density at radius 2 is 1.42 bits per heavy atom. The van der Waals surface area contributed by atoms with Crippen molar-refractivity contribution < 1.29 is 3.79 Å². The SMILES string of the molecule is CC(C)[CH2][Al]([CH2]C(C)C)[O]C1(C(C)(C)C)C=CC=CC1C(C)(C)C. The molecule has 2 heteroatoms. The largest absolute Gasteiger partial charge is 0.492 e. The quantitative estimate of drug-likeness (QED) is 0.475. The maximum absolute atomic E-state index is 7.21. The third-order valence-electron chi connectivity index (χ3n) is 5.16. The Morgan fingerprint density at radius 1 is 0.917 bits per heavy atom. The fourth-order valence-electron chi connectivity index (χ4n) is 4.08. The predicted molar refractivity (Wildman–Crippen MR) is 110 cm³/mol. The highest BCUT2D eigenvalue weighted by Gasteiger charge is 2.52. The van der Waals surface area contributed by atoms with E-state index in [9.17, 15) is 0 Å². The van der Waals surface area contributed by atoms with E-state index in [1.54, 1.807) is 0 Å². The molecule has 2 atom stereocenters. The van der Waals surface area contributed by atoms with E-state index in [0.717, 1.165) is 0 Å². The molecule has 0 saturated heterocycles. The standard InChI is InChI=1S/C14H23O.2C4H9.Al/c1-12(2,3)11-9-7-8-10-14(11,15)13(4,5)6;2*1-4(2)3;/h7-11H,1-6H3;2*4H,1H2,2-3H3;/q-1;;;+1. The first-order valence-corrected chi connectivity index (χ1v) is 11.9. The molecule has 0 aromatic rings. The molecule has 2 unspecified atom stereocenters. The monoisotopic (exact) mass is 348 g/mol. The number of hydrogen-bond donors (Lipinski definition) is 0. The Labute approximate surface area is 156 Å². The molecule has 0 spiro atoms. The summed E-state index contributed by atoms with van der Waals surface area (Å²) in [7, 11) is 0. The zero-order chi connectivity index (χ0) is 18.8. The smallest absolute Gasteiger partial charge is 0.461 e. The molecule has 0 saturated carbocycles. The van der Waals surface area contributed by atoms with Crippen LogP contribution in [0.4, 0.5) is 0 Å². The molecular weight excluding hydrogens is 307 g/mol. The molecule has 1 aliphatic carbocycles. The first-order chi connectivity index (χ1) is 10.8. The van der Waals surface area contributed by atoms with Gasteiger partial charge in [-0.1, -0.05) is 116 Å². The van der Waals surface area contributed by atoms with Crippen molar-refractivity contribution in [3.8, 4) is 0 Å². The van der Waals surface area contributed by atoms with Gasteiger partial charge >= 0.3 is 14.5 Å². The Kier molecular flexibility index (Phi) is 7.44. The van der Waals surface area contributed by atoms with Crippen LogP contribution in [0.1, 0.15) is 69.2 Å². The van der Waals surface area contributed by atoms with Crippen molar-refractivity contribution in [2.45, 2.75) is 85.4 Å². The summed E-state index contributed by atoms with van der Waals surface area (Å²) < 4.78 is 7.21. The minimum Gasteiger partial charge on any atom is -0.492 e. The molecule has 1 rings (SSSR count). The molecule has 0 aromatic heterocycles. The highest BCUT2D eigenvalue weighted by atomic mass is 27.2. The van der Waals surface area contributed by atoms with Crippen LogP contribution in [0.5, 0.6) is 0 Å². The summed E-state index contributed by atoms with van der Waals surface area (Å²) in [6, 6.07) is 0. The van der Waals surface area contributed by atoms with Crippen LogP contribution in [0.25, 0.3) is 0 Å².